The van der Waals surface area contributed by atoms with Crippen LogP contribution in [0, 0.1) is 0 Å². The number of fused-ring (bicyclic) bond motifs is 1. The van der Waals surface area contributed by atoms with Crippen LogP contribution in [-0.2, 0) is 0 Å². The van der Waals surface area contributed by atoms with E-state index in [1.165, 1.54) is 25.9 Å². The van der Waals surface area contributed by atoms with Crippen molar-refractivity contribution in [2.45, 2.75) is 9.79 Å². The van der Waals surface area contributed by atoms with Crippen LogP contribution < -0.4 is 0 Å². The lowest BCUT2D eigenvalue weighted by atomic mass is 9.97. The van der Waals surface area contributed by atoms with E-state index in [2.05, 4.69) is 78.9 Å². The highest BCUT2D eigenvalue weighted by molar-refractivity contribution is 8.00. The van der Waals surface area contributed by atoms with Crippen LogP contribution in [-0.4, -0.2) is 9.97 Å². The number of hydrogen-bond acceptors (Lipinski definition) is 4. The highest BCUT2D eigenvalue weighted by Gasteiger charge is 2.24. The number of rotatable bonds is 2. The lowest BCUT2D eigenvalue weighted by Gasteiger charge is -2.16. The fraction of sp³-hybridized carbons (Fsp3) is 0. The lowest BCUT2D eigenvalue weighted by molar-refractivity contribution is 0.669. The third kappa shape index (κ3) is 2.43. The third-order valence-electron chi connectivity index (χ3n) is 6.66. The summed E-state index contributed by atoms with van der Waals surface area (Å²) in [6, 6.07) is 33.5. The van der Waals surface area contributed by atoms with Crippen molar-refractivity contribution in [3.8, 4) is 22.6 Å². The molecule has 7 aromatic rings. The first-order valence-corrected chi connectivity index (χ1v) is 12.1. The molecule has 5 aromatic carbocycles. The highest BCUT2D eigenvalue weighted by atomic mass is 32.2. The molecular formula is C30H16N2OS. The zero-order valence-corrected chi connectivity index (χ0v) is 18.8. The van der Waals surface area contributed by atoms with Gasteiger partial charge in [0.05, 0.1) is 11.2 Å². The molecule has 2 aromatic heterocycles. The topological polar surface area (TPSA) is 38.9 Å². The van der Waals surface area contributed by atoms with E-state index in [-0.39, 0.29) is 0 Å². The van der Waals surface area contributed by atoms with Crippen LogP contribution in [0.4, 0.5) is 0 Å². The van der Waals surface area contributed by atoms with Gasteiger partial charge >= 0.3 is 0 Å². The molecule has 0 saturated carbocycles. The van der Waals surface area contributed by atoms with Crippen molar-refractivity contribution < 1.29 is 4.42 Å². The Morgan fingerprint density at radius 3 is 2.26 bits per heavy atom. The maximum absolute atomic E-state index is 6.37. The molecule has 0 atom stereocenters. The summed E-state index contributed by atoms with van der Waals surface area (Å²) in [4.78, 5) is 12.7. The summed E-state index contributed by atoms with van der Waals surface area (Å²) in [5.74, 6) is 0.716. The van der Waals surface area contributed by atoms with Gasteiger partial charge in [-0.15, -0.1) is 0 Å². The first-order valence-electron chi connectivity index (χ1n) is 11.3. The molecule has 0 N–H and O–H groups in total. The monoisotopic (exact) mass is 452 g/mol. The molecule has 0 spiro atoms. The van der Waals surface area contributed by atoms with E-state index < -0.39 is 0 Å². The molecule has 0 aliphatic carbocycles. The molecule has 0 unspecified atom stereocenters. The van der Waals surface area contributed by atoms with Crippen LogP contribution in [0.3, 0.4) is 0 Å². The van der Waals surface area contributed by atoms with Gasteiger partial charge in [0.2, 0.25) is 0 Å². The first kappa shape index (κ1) is 18.3. The van der Waals surface area contributed by atoms with Gasteiger partial charge in [0.1, 0.15) is 11.2 Å². The van der Waals surface area contributed by atoms with Gasteiger partial charge in [-0.05, 0) is 35.7 Å². The molecule has 1 aliphatic rings. The Labute approximate surface area is 199 Å². The van der Waals surface area contributed by atoms with Crippen LogP contribution in [0.25, 0.3) is 66.3 Å². The minimum atomic E-state index is 0.716. The van der Waals surface area contributed by atoms with Crippen molar-refractivity contribution in [2.24, 2.45) is 0 Å². The molecule has 4 heteroatoms. The van der Waals surface area contributed by atoms with Gasteiger partial charge in [-0.3, -0.25) is 0 Å². The molecule has 0 fully saturated rings. The van der Waals surface area contributed by atoms with E-state index in [0.717, 1.165) is 44.3 Å². The van der Waals surface area contributed by atoms with Gasteiger partial charge in [-0.2, -0.15) is 0 Å². The van der Waals surface area contributed by atoms with Gasteiger partial charge in [-0.1, -0.05) is 78.5 Å². The van der Waals surface area contributed by atoms with Crippen LogP contribution in [0.15, 0.2) is 111 Å². The van der Waals surface area contributed by atoms with Crippen molar-refractivity contribution in [1.82, 2.24) is 9.97 Å². The van der Waals surface area contributed by atoms with Gasteiger partial charge < -0.3 is 4.42 Å². The second-order valence-electron chi connectivity index (χ2n) is 8.59. The SMILES string of the molecule is c1ccc(-c2nc(-c3cc4oc5cccc6c5c4c4c(cccc34)S6)nc3ccccc23)cc1. The van der Waals surface area contributed by atoms with Gasteiger partial charge in [-0.25, -0.2) is 9.97 Å². The fourth-order valence-corrected chi connectivity index (χ4v) is 6.34. The highest BCUT2D eigenvalue weighted by Crippen LogP contribution is 2.51. The van der Waals surface area contributed by atoms with Gasteiger partial charge in [0, 0.05) is 42.5 Å². The summed E-state index contributed by atoms with van der Waals surface area (Å²) in [5.41, 5.74) is 5.77. The molecule has 0 bridgehead atoms. The van der Waals surface area contributed by atoms with E-state index in [9.17, 15) is 0 Å². The summed E-state index contributed by atoms with van der Waals surface area (Å²) in [6.45, 7) is 0. The molecule has 8 rings (SSSR count). The number of aromatic nitrogens is 2. The summed E-state index contributed by atoms with van der Waals surface area (Å²) in [6.07, 6.45) is 0. The molecule has 3 nitrogen and oxygen atoms in total. The molecule has 1 aliphatic heterocycles. The average Bonchev–Trinajstić information content (AvgIpc) is 3.28. The third-order valence-corrected chi connectivity index (χ3v) is 7.78. The van der Waals surface area contributed by atoms with Crippen molar-refractivity contribution >= 4 is 55.4 Å². The van der Waals surface area contributed by atoms with Gasteiger partial charge in [0.15, 0.2) is 5.82 Å². The Bertz CT molecular complexity index is 1940. The van der Waals surface area contributed by atoms with Crippen LogP contribution in [0.5, 0.6) is 0 Å². The lowest BCUT2D eigenvalue weighted by Crippen LogP contribution is -1.96. The zero-order chi connectivity index (χ0) is 22.2. The normalized spacial score (nSPS) is 12.6. The maximum Gasteiger partial charge on any atom is 0.161 e. The second kappa shape index (κ2) is 6.69. The Hall–Kier alpha value is -4.15. The number of para-hydroxylation sites is 1. The summed E-state index contributed by atoms with van der Waals surface area (Å²) in [7, 11) is 0. The van der Waals surface area contributed by atoms with Crippen LogP contribution in [0.1, 0.15) is 0 Å². The second-order valence-corrected chi connectivity index (χ2v) is 9.67. The van der Waals surface area contributed by atoms with Crippen molar-refractivity contribution in [2.75, 3.05) is 0 Å². The quantitative estimate of drug-likeness (QED) is 0.264. The predicted octanol–water partition coefficient (Wildman–Crippen LogP) is 8.48. The zero-order valence-electron chi connectivity index (χ0n) is 17.9. The van der Waals surface area contributed by atoms with E-state index in [0.29, 0.717) is 5.82 Å². The van der Waals surface area contributed by atoms with E-state index in [1.54, 1.807) is 0 Å². The summed E-state index contributed by atoms with van der Waals surface area (Å²) >= 11 is 1.81. The standard InChI is InChI=1S/C30H16N2OS/c1-2-8-17(9-3-1)29-19-10-4-5-12-21(19)31-30(32-29)20-16-23-28-26-18(20)11-6-14-24(26)34-25-15-7-13-22(33-23)27(25)28/h1-16H. The number of hydrogen-bond donors (Lipinski definition) is 0. The number of nitrogens with zero attached hydrogens (tertiary/aromatic N) is 2. The Balaban J connectivity index is 1.52. The smallest absolute Gasteiger partial charge is 0.161 e. The molecule has 0 saturated heterocycles. The molecule has 34 heavy (non-hydrogen) atoms. The molecule has 0 radical (unpaired) electrons. The van der Waals surface area contributed by atoms with Crippen molar-refractivity contribution in [3.63, 3.8) is 0 Å². The van der Waals surface area contributed by atoms with E-state index in [1.807, 2.05) is 30.0 Å². The minimum Gasteiger partial charge on any atom is -0.456 e. The van der Waals surface area contributed by atoms with Crippen LogP contribution >= 0.6 is 11.8 Å². The Morgan fingerprint density at radius 1 is 0.588 bits per heavy atom. The largest absolute Gasteiger partial charge is 0.456 e. The fourth-order valence-electron chi connectivity index (χ4n) is 5.19. The Morgan fingerprint density at radius 2 is 1.35 bits per heavy atom. The number of benzene rings is 5. The summed E-state index contributed by atoms with van der Waals surface area (Å²) < 4.78 is 6.37. The number of furan rings is 1. The first-order chi connectivity index (χ1) is 16.8. The predicted molar refractivity (Wildman–Crippen MR) is 139 cm³/mol. The van der Waals surface area contributed by atoms with Crippen molar-refractivity contribution in [1.29, 1.82) is 0 Å². The molecule has 3 heterocycles. The average molecular weight is 453 g/mol. The molecule has 158 valence electrons. The maximum atomic E-state index is 6.37. The Kier molecular flexibility index (Phi) is 3.60. The summed E-state index contributed by atoms with van der Waals surface area (Å²) in [5, 5.41) is 5.85. The molecule has 0 amide bonds. The van der Waals surface area contributed by atoms with Crippen molar-refractivity contribution in [3.05, 3.63) is 97.1 Å². The van der Waals surface area contributed by atoms with Crippen LogP contribution in [0.2, 0.25) is 0 Å². The van der Waals surface area contributed by atoms with Gasteiger partial charge in [0.25, 0.3) is 0 Å². The van der Waals surface area contributed by atoms with E-state index in [4.69, 9.17) is 14.4 Å². The molecular weight excluding hydrogens is 436 g/mol. The minimum absolute atomic E-state index is 0.716. The van der Waals surface area contributed by atoms with E-state index >= 15 is 0 Å².